The summed E-state index contributed by atoms with van der Waals surface area (Å²) in [6.45, 7) is 0. The van der Waals surface area contributed by atoms with Gasteiger partial charge in [-0.1, -0.05) is 12.2 Å². The monoisotopic (exact) mass is 488 g/mol. The lowest BCUT2D eigenvalue weighted by Crippen LogP contribution is -2.14. The van der Waals surface area contributed by atoms with E-state index in [2.05, 4.69) is 4.72 Å². The number of benzene rings is 3. The van der Waals surface area contributed by atoms with E-state index in [1.165, 1.54) is 64.8 Å². The van der Waals surface area contributed by atoms with Crippen LogP contribution in [0, 0.1) is 5.82 Å². The summed E-state index contributed by atoms with van der Waals surface area (Å²) in [5.74, 6) is 0.393. The lowest BCUT2D eigenvalue weighted by Gasteiger charge is -2.14. The first kappa shape index (κ1) is 24.7. The van der Waals surface area contributed by atoms with Crippen LogP contribution in [0.4, 0.5) is 15.8 Å². The number of nitrogen functional groups attached to an aromatic ring is 1. The number of hydrogen-bond donors (Lipinski definition) is 2. The van der Waals surface area contributed by atoms with Crippen LogP contribution in [-0.4, -0.2) is 36.9 Å². The molecule has 0 aliphatic heterocycles. The van der Waals surface area contributed by atoms with Crippen molar-refractivity contribution in [2.24, 2.45) is 0 Å². The SMILES string of the molecule is COc1cc(C=Cc2cc(F)c(OC)c(NS(=O)(=O)c3ccc(N)cc3)c2)cc(OC)c1OC. The summed E-state index contributed by atoms with van der Waals surface area (Å²) in [5.41, 5.74) is 7.07. The minimum atomic E-state index is -4.01. The number of hydrogen-bond acceptors (Lipinski definition) is 7. The first-order valence-electron chi connectivity index (χ1n) is 9.96. The molecule has 0 atom stereocenters. The van der Waals surface area contributed by atoms with Gasteiger partial charge in [0.2, 0.25) is 5.75 Å². The zero-order chi connectivity index (χ0) is 24.9. The van der Waals surface area contributed by atoms with Crippen LogP contribution in [0.1, 0.15) is 11.1 Å². The van der Waals surface area contributed by atoms with Crippen LogP contribution in [-0.2, 0) is 10.0 Å². The molecule has 3 aromatic rings. The smallest absolute Gasteiger partial charge is 0.262 e. The molecule has 8 nitrogen and oxygen atoms in total. The lowest BCUT2D eigenvalue weighted by atomic mass is 10.1. The normalized spacial score (nSPS) is 11.3. The number of anilines is 2. The molecule has 180 valence electrons. The Labute approximate surface area is 197 Å². The summed E-state index contributed by atoms with van der Waals surface area (Å²) in [4.78, 5) is -0.0254. The van der Waals surface area contributed by atoms with Gasteiger partial charge in [0, 0.05) is 5.69 Å². The number of halogens is 1. The van der Waals surface area contributed by atoms with E-state index in [0.29, 0.717) is 34.1 Å². The van der Waals surface area contributed by atoms with Gasteiger partial charge in [-0.2, -0.15) is 0 Å². The van der Waals surface area contributed by atoms with Crippen LogP contribution < -0.4 is 29.4 Å². The van der Waals surface area contributed by atoms with E-state index in [1.54, 1.807) is 24.3 Å². The van der Waals surface area contributed by atoms with E-state index < -0.39 is 15.8 Å². The fourth-order valence-corrected chi connectivity index (χ4v) is 4.29. The Bertz CT molecular complexity index is 1280. The molecular formula is C24H25FN2O6S. The van der Waals surface area contributed by atoms with Crippen LogP contribution in [0.2, 0.25) is 0 Å². The molecule has 0 saturated carbocycles. The third kappa shape index (κ3) is 5.34. The Morgan fingerprint density at radius 3 is 1.82 bits per heavy atom. The Balaban J connectivity index is 1.98. The zero-order valence-electron chi connectivity index (χ0n) is 19.1. The number of ether oxygens (including phenoxy) is 4. The molecule has 0 bridgehead atoms. The molecule has 10 heteroatoms. The van der Waals surface area contributed by atoms with Crippen LogP contribution in [0.3, 0.4) is 0 Å². The summed E-state index contributed by atoms with van der Waals surface area (Å²) in [6.07, 6.45) is 3.31. The highest BCUT2D eigenvalue weighted by Crippen LogP contribution is 2.39. The minimum absolute atomic E-state index is 0.0254. The van der Waals surface area contributed by atoms with Crippen molar-refractivity contribution in [1.29, 1.82) is 0 Å². The highest BCUT2D eigenvalue weighted by molar-refractivity contribution is 7.92. The van der Waals surface area contributed by atoms with Crippen molar-refractivity contribution in [2.75, 3.05) is 38.9 Å². The van der Waals surface area contributed by atoms with Crippen molar-refractivity contribution in [3.05, 3.63) is 65.5 Å². The Hall–Kier alpha value is -3.92. The van der Waals surface area contributed by atoms with E-state index in [4.69, 9.17) is 24.7 Å². The molecule has 3 N–H and O–H groups in total. The van der Waals surface area contributed by atoms with Crippen LogP contribution >= 0.6 is 0 Å². The third-order valence-corrected chi connectivity index (χ3v) is 6.24. The van der Waals surface area contributed by atoms with Gasteiger partial charge in [-0.3, -0.25) is 4.72 Å². The summed E-state index contributed by atoms with van der Waals surface area (Å²) < 4.78 is 63.8. The predicted molar refractivity (Wildman–Crippen MR) is 130 cm³/mol. The predicted octanol–water partition coefficient (Wildman–Crippen LogP) is 4.41. The Morgan fingerprint density at radius 1 is 0.794 bits per heavy atom. The standard InChI is InChI=1S/C24H25FN2O6S/c1-30-21-13-16(14-22(31-2)24(21)33-4)6-5-15-11-19(25)23(32-3)20(12-15)27-34(28,29)18-9-7-17(26)8-10-18/h5-14,27H,26H2,1-4H3. The maximum Gasteiger partial charge on any atom is 0.262 e. The summed E-state index contributed by atoms with van der Waals surface area (Å²) in [6, 6.07) is 11.8. The summed E-state index contributed by atoms with van der Waals surface area (Å²) in [5, 5.41) is 0. The molecular weight excluding hydrogens is 463 g/mol. The van der Waals surface area contributed by atoms with E-state index in [9.17, 15) is 12.8 Å². The fourth-order valence-electron chi connectivity index (χ4n) is 3.23. The average Bonchev–Trinajstić information content (AvgIpc) is 2.81. The second-order valence-corrected chi connectivity index (χ2v) is 8.73. The average molecular weight is 489 g/mol. The first-order valence-corrected chi connectivity index (χ1v) is 11.4. The fraction of sp³-hybridized carbons (Fsp3) is 0.167. The summed E-state index contributed by atoms with van der Waals surface area (Å²) >= 11 is 0. The van der Waals surface area contributed by atoms with Gasteiger partial charge in [0.25, 0.3) is 10.0 Å². The van der Waals surface area contributed by atoms with Crippen molar-refractivity contribution in [1.82, 2.24) is 0 Å². The number of nitrogens with two attached hydrogens (primary N) is 1. The molecule has 0 heterocycles. The van der Waals surface area contributed by atoms with E-state index in [-0.39, 0.29) is 16.3 Å². The van der Waals surface area contributed by atoms with Gasteiger partial charge >= 0.3 is 0 Å². The quantitative estimate of drug-likeness (QED) is 0.339. The number of sulfonamides is 1. The molecule has 0 unspecified atom stereocenters. The van der Waals surface area contributed by atoms with Gasteiger partial charge in [-0.05, 0) is 59.7 Å². The molecule has 0 aliphatic rings. The minimum Gasteiger partial charge on any atom is -0.493 e. The maximum atomic E-state index is 14.7. The van der Waals surface area contributed by atoms with E-state index in [1.807, 2.05) is 0 Å². The van der Waals surface area contributed by atoms with Crippen molar-refractivity contribution in [2.45, 2.75) is 4.90 Å². The van der Waals surface area contributed by atoms with Crippen molar-refractivity contribution >= 4 is 33.6 Å². The van der Waals surface area contributed by atoms with Crippen LogP contribution in [0.15, 0.2) is 53.4 Å². The molecule has 0 amide bonds. The van der Waals surface area contributed by atoms with Crippen LogP contribution in [0.5, 0.6) is 23.0 Å². The largest absolute Gasteiger partial charge is 0.493 e. The number of nitrogens with one attached hydrogen (secondary N) is 1. The van der Waals surface area contributed by atoms with Crippen LogP contribution in [0.25, 0.3) is 12.2 Å². The van der Waals surface area contributed by atoms with Crippen molar-refractivity contribution in [3.8, 4) is 23.0 Å². The molecule has 0 aromatic heterocycles. The van der Waals surface area contributed by atoms with Gasteiger partial charge in [-0.25, -0.2) is 12.8 Å². The highest BCUT2D eigenvalue weighted by atomic mass is 32.2. The summed E-state index contributed by atoms with van der Waals surface area (Å²) in [7, 11) is 1.75. The molecule has 3 rings (SSSR count). The lowest BCUT2D eigenvalue weighted by molar-refractivity contribution is 0.324. The highest BCUT2D eigenvalue weighted by Gasteiger charge is 2.19. The van der Waals surface area contributed by atoms with Crippen molar-refractivity contribution in [3.63, 3.8) is 0 Å². The van der Waals surface area contributed by atoms with Gasteiger partial charge < -0.3 is 24.7 Å². The number of rotatable bonds is 9. The molecule has 0 saturated heterocycles. The molecule has 0 fully saturated rings. The van der Waals surface area contributed by atoms with Gasteiger partial charge in [0.15, 0.2) is 23.1 Å². The number of methoxy groups -OCH3 is 4. The molecule has 0 spiro atoms. The molecule has 34 heavy (non-hydrogen) atoms. The van der Waals surface area contributed by atoms with E-state index >= 15 is 0 Å². The van der Waals surface area contributed by atoms with Gasteiger partial charge in [-0.15, -0.1) is 0 Å². The van der Waals surface area contributed by atoms with E-state index in [0.717, 1.165) is 0 Å². The Kier molecular flexibility index (Phi) is 7.52. The second-order valence-electron chi connectivity index (χ2n) is 7.05. The van der Waals surface area contributed by atoms with Gasteiger partial charge in [0.05, 0.1) is 39.0 Å². The molecule has 3 aromatic carbocycles. The molecule has 0 aliphatic carbocycles. The zero-order valence-corrected chi connectivity index (χ0v) is 19.9. The first-order chi connectivity index (χ1) is 16.2. The maximum absolute atomic E-state index is 14.7. The second kappa shape index (κ2) is 10.3. The van der Waals surface area contributed by atoms with Crippen molar-refractivity contribution < 1.29 is 31.8 Å². The third-order valence-electron chi connectivity index (χ3n) is 4.86. The van der Waals surface area contributed by atoms with Gasteiger partial charge in [0.1, 0.15) is 0 Å². The topological polar surface area (TPSA) is 109 Å². The molecule has 0 radical (unpaired) electrons. The Morgan fingerprint density at radius 2 is 1.32 bits per heavy atom.